The molecule has 0 aliphatic carbocycles. The minimum atomic E-state index is -0.0676. The number of amidine groups is 1. The van der Waals surface area contributed by atoms with Gasteiger partial charge in [-0.25, -0.2) is 9.98 Å². The van der Waals surface area contributed by atoms with Gasteiger partial charge < -0.3 is 5.73 Å². The summed E-state index contributed by atoms with van der Waals surface area (Å²) in [7, 11) is 0. The van der Waals surface area contributed by atoms with Gasteiger partial charge >= 0.3 is 0 Å². The largest absolute Gasteiger partial charge is 0.378 e. The number of nitrogens with two attached hydrogens (primary N) is 1. The van der Waals surface area contributed by atoms with E-state index in [2.05, 4.69) is 42.0 Å². The van der Waals surface area contributed by atoms with Crippen molar-refractivity contribution >= 4 is 38.9 Å². The van der Waals surface area contributed by atoms with Crippen LogP contribution in [0.25, 0.3) is 4.96 Å². The lowest BCUT2D eigenvalue weighted by Gasteiger charge is -2.09. The zero-order chi connectivity index (χ0) is 17.8. The molecule has 2 N–H and O–H groups in total. The molecule has 0 saturated heterocycles. The molecule has 7 heteroatoms. The maximum atomic E-state index is 12.0. The number of benzene rings is 1. The number of aromatic nitrogens is 2. The summed E-state index contributed by atoms with van der Waals surface area (Å²) in [5, 5.41) is 2.34. The van der Waals surface area contributed by atoms with E-state index in [1.165, 1.54) is 34.2 Å². The molecule has 2 heterocycles. The molecule has 1 aromatic carbocycles. The van der Waals surface area contributed by atoms with Crippen molar-refractivity contribution in [2.24, 2.45) is 10.7 Å². The van der Waals surface area contributed by atoms with Crippen molar-refractivity contribution in [3.05, 3.63) is 63.0 Å². The van der Waals surface area contributed by atoms with Crippen LogP contribution in [0.1, 0.15) is 30.7 Å². The average Bonchev–Trinajstić information content (AvgIpc) is 3.09. The number of aliphatic imine (C=N–C) groups is 1. The Morgan fingerprint density at radius 1 is 1.32 bits per heavy atom. The molecule has 0 atom stereocenters. The predicted molar refractivity (Wildman–Crippen MR) is 107 cm³/mol. The summed E-state index contributed by atoms with van der Waals surface area (Å²) in [4.78, 5) is 21.9. The molecule has 0 bridgehead atoms. The summed E-state index contributed by atoms with van der Waals surface area (Å²) in [6, 6.07) is 7.79. The molecular formula is C18H20N4OS2. The van der Waals surface area contributed by atoms with Crippen molar-refractivity contribution in [1.82, 2.24) is 9.38 Å². The summed E-state index contributed by atoms with van der Waals surface area (Å²) < 4.78 is 1.54. The van der Waals surface area contributed by atoms with E-state index in [9.17, 15) is 4.79 Å². The van der Waals surface area contributed by atoms with Crippen LogP contribution >= 0.6 is 23.1 Å². The highest BCUT2D eigenvalue weighted by atomic mass is 32.2. The lowest BCUT2D eigenvalue weighted by atomic mass is 10.0. The minimum absolute atomic E-state index is 0.0676. The molecule has 3 rings (SSSR count). The van der Waals surface area contributed by atoms with E-state index >= 15 is 0 Å². The van der Waals surface area contributed by atoms with E-state index in [1.807, 2.05) is 5.38 Å². The molecule has 0 saturated carbocycles. The van der Waals surface area contributed by atoms with Gasteiger partial charge in [0, 0.05) is 23.4 Å². The first-order valence-electron chi connectivity index (χ1n) is 8.15. The Kier molecular flexibility index (Phi) is 5.55. The lowest BCUT2D eigenvalue weighted by Crippen LogP contribution is -2.13. The van der Waals surface area contributed by atoms with Crippen LogP contribution in [0.3, 0.4) is 0 Å². The van der Waals surface area contributed by atoms with Crippen molar-refractivity contribution in [3.63, 3.8) is 0 Å². The Hall–Kier alpha value is -2.12. The third-order valence-electron chi connectivity index (χ3n) is 3.91. The maximum absolute atomic E-state index is 12.0. The van der Waals surface area contributed by atoms with Gasteiger partial charge in [-0.2, -0.15) is 0 Å². The smallest absolute Gasteiger partial charge is 0.258 e. The van der Waals surface area contributed by atoms with Gasteiger partial charge in [0.05, 0.1) is 11.4 Å². The fourth-order valence-corrected chi connectivity index (χ4v) is 3.95. The second-order valence-electron chi connectivity index (χ2n) is 5.51. The van der Waals surface area contributed by atoms with Crippen molar-refractivity contribution in [3.8, 4) is 0 Å². The molecule has 0 unspecified atom stereocenters. The predicted octanol–water partition coefficient (Wildman–Crippen LogP) is 3.76. The number of fused-ring (bicyclic) bond motifs is 1. The highest BCUT2D eigenvalue weighted by Gasteiger charge is 2.08. The van der Waals surface area contributed by atoms with Crippen LogP contribution in [0.4, 0.5) is 5.69 Å². The molecule has 0 fully saturated rings. The van der Waals surface area contributed by atoms with Gasteiger partial charge in [0.1, 0.15) is 0 Å². The van der Waals surface area contributed by atoms with E-state index in [0.29, 0.717) is 15.9 Å². The zero-order valence-electron chi connectivity index (χ0n) is 14.2. The normalized spacial score (nSPS) is 12.0. The first-order chi connectivity index (χ1) is 12.1. The number of aryl methyl sites for hydroxylation is 2. The van der Waals surface area contributed by atoms with Crippen molar-refractivity contribution in [2.45, 2.75) is 32.4 Å². The molecule has 130 valence electrons. The van der Waals surface area contributed by atoms with Gasteiger partial charge in [-0.1, -0.05) is 43.8 Å². The molecule has 0 radical (unpaired) electrons. The Labute approximate surface area is 154 Å². The third-order valence-corrected chi connectivity index (χ3v) is 5.49. The number of hydrogen-bond acceptors (Lipinski definition) is 5. The van der Waals surface area contributed by atoms with Crippen LogP contribution in [-0.4, -0.2) is 14.6 Å². The molecule has 5 nitrogen and oxygen atoms in total. The van der Waals surface area contributed by atoms with Crippen LogP contribution in [0.15, 0.2) is 45.6 Å². The van der Waals surface area contributed by atoms with Crippen LogP contribution < -0.4 is 11.3 Å². The second-order valence-corrected chi connectivity index (χ2v) is 7.38. The summed E-state index contributed by atoms with van der Waals surface area (Å²) in [6.07, 6.45) is 3.56. The fourth-order valence-electron chi connectivity index (χ4n) is 2.61. The molecule has 25 heavy (non-hydrogen) atoms. The number of rotatable bonds is 5. The number of thioether (sulfide) groups is 1. The van der Waals surface area contributed by atoms with Gasteiger partial charge in [-0.3, -0.25) is 9.20 Å². The van der Waals surface area contributed by atoms with Gasteiger partial charge in [0.25, 0.3) is 5.56 Å². The Morgan fingerprint density at radius 2 is 2.04 bits per heavy atom. The highest BCUT2D eigenvalue weighted by Crippen LogP contribution is 2.27. The van der Waals surface area contributed by atoms with Gasteiger partial charge in [0.2, 0.25) is 0 Å². The standard InChI is InChI=1S/C18H20N4OS2/c1-3-12-6-5-7-13(4-2)16(12)21-17(19)25-11-14-10-15(23)22-8-9-24-18(22)20-14/h5-10H,3-4,11H2,1-2H3,(H2,19,21). The van der Waals surface area contributed by atoms with E-state index < -0.39 is 0 Å². The Balaban J connectivity index is 1.81. The first-order valence-corrected chi connectivity index (χ1v) is 10.0. The second kappa shape index (κ2) is 7.84. The Bertz CT molecular complexity index is 952. The highest BCUT2D eigenvalue weighted by molar-refractivity contribution is 8.13. The summed E-state index contributed by atoms with van der Waals surface area (Å²) in [5.74, 6) is 0.523. The molecule has 0 amide bonds. The minimum Gasteiger partial charge on any atom is -0.378 e. The van der Waals surface area contributed by atoms with Crippen LogP contribution in [0.5, 0.6) is 0 Å². The summed E-state index contributed by atoms with van der Waals surface area (Å²) in [5.41, 5.74) is 10.1. The molecule has 0 spiro atoms. The van der Waals surface area contributed by atoms with Gasteiger partial charge in [-0.15, -0.1) is 11.3 Å². The molecular weight excluding hydrogens is 352 g/mol. The SMILES string of the molecule is CCc1cccc(CC)c1N=C(N)SCc1cc(=O)n2ccsc2n1. The van der Waals surface area contributed by atoms with E-state index in [1.54, 1.807) is 16.7 Å². The van der Waals surface area contributed by atoms with Crippen molar-refractivity contribution in [2.75, 3.05) is 0 Å². The fraction of sp³-hybridized carbons (Fsp3) is 0.278. The van der Waals surface area contributed by atoms with Gasteiger partial charge in [-0.05, 0) is 24.0 Å². The number of thiazole rings is 1. The summed E-state index contributed by atoms with van der Waals surface area (Å²) in [6.45, 7) is 4.23. The maximum Gasteiger partial charge on any atom is 0.258 e. The van der Waals surface area contributed by atoms with Crippen LogP contribution in [0.2, 0.25) is 0 Å². The number of para-hydroxylation sites is 1. The average molecular weight is 373 g/mol. The monoisotopic (exact) mass is 372 g/mol. The molecule has 2 aromatic heterocycles. The molecule has 0 aliphatic heterocycles. The van der Waals surface area contributed by atoms with E-state index in [4.69, 9.17) is 5.73 Å². The van der Waals surface area contributed by atoms with Crippen molar-refractivity contribution < 1.29 is 0 Å². The summed E-state index contributed by atoms with van der Waals surface area (Å²) >= 11 is 2.85. The zero-order valence-corrected chi connectivity index (χ0v) is 15.9. The van der Waals surface area contributed by atoms with Gasteiger partial charge in [0.15, 0.2) is 10.1 Å². The Morgan fingerprint density at radius 3 is 2.72 bits per heavy atom. The number of hydrogen-bond donors (Lipinski definition) is 1. The quantitative estimate of drug-likeness (QED) is 0.547. The van der Waals surface area contributed by atoms with Crippen LogP contribution in [-0.2, 0) is 18.6 Å². The molecule has 0 aliphatic rings. The molecule has 3 aromatic rings. The number of nitrogens with zero attached hydrogens (tertiary/aromatic N) is 3. The van der Waals surface area contributed by atoms with E-state index in [-0.39, 0.29) is 5.56 Å². The first kappa shape index (κ1) is 17.7. The topological polar surface area (TPSA) is 72.8 Å². The van der Waals surface area contributed by atoms with E-state index in [0.717, 1.165) is 24.2 Å². The van der Waals surface area contributed by atoms with Crippen LogP contribution in [0, 0.1) is 0 Å². The van der Waals surface area contributed by atoms with Crippen molar-refractivity contribution in [1.29, 1.82) is 0 Å². The lowest BCUT2D eigenvalue weighted by molar-refractivity contribution is 1.04. The third kappa shape index (κ3) is 3.93.